The van der Waals surface area contributed by atoms with Crippen molar-refractivity contribution in [3.63, 3.8) is 0 Å². The van der Waals surface area contributed by atoms with Gasteiger partial charge in [0, 0.05) is 45.0 Å². The molecule has 0 fully saturated rings. The molecule has 0 atom stereocenters. The van der Waals surface area contributed by atoms with Gasteiger partial charge in [-0.15, -0.1) is 11.3 Å². The lowest BCUT2D eigenvalue weighted by Crippen LogP contribution is -2.30. The Morgan fingerprint density at radius 2 is 1.17 bits per heavy atom. The zero-order chi connectivity index (χ0) is 23.9. The van der Waals surface area contributed by atoms with Crippen molar-refractivity contribution in [1.82, 2.24) is 15.4 Å². The van der Waals surface area contributed by atoms with E-state index >= 15 is 0 Å². The predicted molar refractivity (Wildman–Crippen MR) is 154 cm³/mol. The number of benzene rings is 5. The van der Waals surface area contributed by atoms with Gasteiger partial charge in [-0.1, -0.05) is 91.0 Å². The number of hydrogen-bond acceptors (Lipinski definition) is 3. The van der Waals surface area contributed by atoms with E-state index in [0.29, 0.717) is 0 Å². The number of aromatic nitrogens is 1. The average Bonchev–Trinajstić information content (AvgIpc) is 3.48. The number of hydrogen-bond donors (Lipinski definition) is 2. The monoisotopic (exact) mass is 483 g/mol. The van der Waals surface area contributed by atoms with Gasteiger partial charge < -0.3 is 4.57 Å². The molecule has 0 saturated heterocycles. The minimum absolute atomic E-state index is 0.765. The number of para-hydroxylation sites is 1. The standard InChI is InChI=1S/C32H25N3S/c1-2-8-22(9-3-1)20-33-34-21-23-14-16-24(17-15-23)35-29-12-6-4-10-25(29)27-18-19-28-26-11-5-7-13-30(26)36-32(28)31(27)35/h1-19,33-34H,20-21H2. The summed E-state index contributed by atoms with van der Waals surface area (Å²) in [6, 6.07) is 41.4. The van der Waals surface area contributed by atoms with Crippen molar-refractivity contribution in [2.45, 2.75) is 13.1 Å². The number of rotatable bonds is 6. The van der Waals surface area contributed by atoms with E-state index < -0.39 is 0 Å². The number of thiophene rings is 1. The minimum Gasteiger partial charge on any atom is -0.308 e. The summed E-state index contributed by atoms with van der Waals surface area (Å²) in [6.45, 7) is 1.56. The van der Waals surface area contributed by atoms with E-state index in [1.165, 1.54) is 58.8 Å². The van der Waals surface area contributed by atoms with E-state index in [4.69, 9.17) is 0 Å². The summed E-state index contributed by atoms with van der Waals surface area (Å²) in [5, 5.41) is 5.27. The summed E-state index contributed by atoms with van der Waals surface area (Å²) in [6.07, 6.45) is 0. The lowest BCUT2D eigenvalue weighted by molar-refractivity contribution is 0.529. The van der Waals surface area contributed by atoms with Gasteiger partial charge in [-0.25, -0.2) is 0 Å². The van der Waals surface area contributed by atoms with Crippen LogP contribution in [0.15, 0.2) is 115 Å². The quantitative estimate of drug-likeness (QED) is 0.186. The van der Waals surface area contributed by atoms with Gasteiger partial charge in [0.05, 0.1) is 15.7 Å². The fourth-order valence-corrected chi connectivity index (χ4v) is 6.43. The summed E-state index contributed by atoms with van der Waals surface area (Å²) in [7, 11) is 0. The Labute approximate surface area is 213 Å². The fourth-order valence-electron chi connectivity index (χ4n) is 5.19. The number of fused-ring (bicyclic) bond motifs is 7. The van der Waals surface area contributed by atoms with Gasteiger partial charge in [0.15, 0.2) is 0 Å². The number of nitrogens with zero attached hydrogens (tertiary/aromatic N) is 1. The molecule has 4 heteroatoms. The van der Waals surface area contributed by atoms with Crippen LogP contribution < -0.4 is 10.9 Å². The third-order valence-electron chi connectivity index (χ3n) is 6.93. The first kappa shape index (κ1) is 21.3. The summed E-state index contributed by atoms with van der Waals surface area (Å²) in [5.41, 5.74) is 12.9. The maximum absolute atomic E-state index is 3.35. The molecule has 7 aromatic rings. The smallest absolute Gasteiger partial charge is 0.0719 e. The molecule has 0 spiro atoms. The molecule has 2 heterocycles. The maximum atomic E-state index is 3.35. The molecule has 0 bridgehead atoms. The molecule has 174 valence electrons. The van der Waals surface area contributed by atoms with E-state index in [0.717, 1.165) is 13.1 Å². The van der Waals surface area contributed by atoms with Crippen molar-refractivity contribution >= 4 is 53.3 Å². The first-order valence-corrected chi connectivity index (χ1v) is 13.1. The van der Waals surface area contributed by atoms with Crippen molar-refractivity contribution in [2.75, 3.05) is 0 Å². The Morgan fingerprint density at radius 1 is 0.528 bits per heavy atom. The molecule has 3 nitrogen and oxygen atoms in total. The first-order chi connectivity index (χ1) is 17.9. The van der Waals surface area contributed by atoms with Crippen LogP contribution in [0, 0.1) is 0 Å². The van der Waals surface area contributed by atoms with E-state index in [1.807, 2.05) is 17.4 Å². The van der Waals surface area contributed by atoms with Crippen LogP contribution in [0.3, 0.4) is 0 Å². The van der Waals surface area contributed by atoms with Gasteiger partial charge in [0.1, 0.15) is 0 Å². The Hall–Kier alpha value is -3.96. The largest absolute Gasteiger partial charge is 0.308 e. The molecular formula is C32H25N3S. The molecule has 0 saturated carbocycles. The highest BCUT2D eigenvalue weighted by atomic mass is 32.1. The van der Waals surface area contributed by atoms with Crippen LogP contribution in [-0.2, 0) is 13.1 Å². The minimum atomic E-state index is 0.765. The van der Waals surface area contributed by atoms with Gasteiger partial charge in [-0.2, -0.15) is 0 Å². The summed E-state index contributed by atoms with van der Waals surface area (Å²) in [4.78, 5) is 0. The van der Waals surface area contributed by atoms with Crippen LogP contribution in [0.5, 0.6) is 0 Å². The third kappa shape index (κ3) is 3.59. The van der Waals surface area contributed by atoms with Gasteiger partial charge >= 0.3 is 0 Å². The molecule has 0 amide bonds. The summed E-state index contributed by atoms with van der Waals surface area (Å²) in [5.74, 6) is 0. The molecule has 0 radical (unpaired) electrons. The van der Waals surface area contributed by atoms with Crippen LogP contribution in [0.1, 0.15) is 11.1 Å². The third-order valence-corrected chi connectivity index (χ3v) is 8.12. The SMILES string of the molecule is c1ccc(CNNCc2ccc(-n3c4ccccc4c4ccc5c6ccccc6sc5c43)cc2)cc1. The zero-order valence-corrected chi connectivity index (χ0v) is 20.6. The predicted octanol–water partition coefficient (Wildman–Crippen LogP) is 7.95. The van der Waals surface area contributed by atoms with Crippen molar-refractivity contribution in [2.24, 2.45) is 0 Å². The van der Waals surface area contributed by atoms with Crippen LogP contribution in [0.4, 0.5) is 0 Å². The van der Waals surface area contributed by atoms with Crippen molar-refractivity contribution in [1.29, 1.82) is 0 Å². The fraction of sp³-hybridized carbons (Fsp3) is 0.0625. The number of hydrazine groups is 1. The molecule has 2 N–H and O–H groups in total. The summed E-state index contributed by atoms with van der Waals surface area (Å²) < 4.78 is 5.12. The Balaban J connectivity index is 1.27. The van der Waals surface area contributed by atoms with Crippen LogP contribution in [0.25, 0.3) is 47.7 Å². The van der Waals surface area contributed by atoms with Gasteiger partial charge in [-0.05, 0) is 35.4 Å². The Kier molecular flexibility index (Phi) is 5.29. The first-order valence-electron chi connectivity index (χ1n) is 12.3. The highest BCUT2D eigenvalue weighted by molar-refractivity contribution is 7.26. The molecule has 0 aliphatic heterocycles. The van der Waals surface area contributed by atoms with Gasteiger partial charge in [0.25, 0.3) is 0 Å². The van der Waals surface area contributed by atoms with Gasteiger partial charge in [0.2, 0.25) is 0 Å². The average molecular weight is 484 g/mol. The molecule has 5 aromatic carbocycles. The van der Waals surface area contributed by atoms with Crippen LogP contribution >= 0.6 is 11.3 Å². The van der Waals surface area contributed by atoms with E-state index in [2.05, 4.69) is 125 Å². The lowest BCUT2D eigenvalue weighted by Gasteiger charge is -2.11. The molecule has 2 aromatic heterocycles. The molecule has 36 heavy (non-hydrogen) atoms. The maximum Gasteiger partial charge on any atom is 0.0719 e. The lowest BCUT2D eigenvalue weighted by atomic mass is 10.1. The van der Waals surface area contributed by atoms with Crippen molar-refractivity contribution < 1.29 is 0 Å². The second kappa shape index (κ2) is 8.92. The normalized spacial score (nSPS) is 11.8. The van der Waals surface area contributed by atoms with E-state index in [9.17, 15) is 0 Å². The second-order valence-electron chi connectivity index (χ2n) is 9.15. The second-order valence-corrected chi connectivity index (χ2v) is 10.2. The zero-order valence-electron chi connectivity index (χ0n) is 19.7. The van der Waals surface area contributed by atoms with E-state index in [1.54, 1.807) is 0 Å². The molecule has 0 aliphatic carbocycles. The van der Waals surface area contributed by atoms with Crippen molar-refractivity contribution in [3.8, 4) is 5.69 Å². The van der Waals surface area contributed by atoms with Gasteiger partial charge in [-0.3, -0.25) is 10.9 Å². The molecule has 0 aliphatic rings. The number of nitrogens with one attached hydrogen (secondary N) is 2. The van der Waals surface area contributed by atoms with Crippen LogP contribution in [0.2, 0.25) is 0 Å². The topological polar surface area (TPSA) is 29.0 Å². The van der Waals surface area contributed by atoms with Crippen molar-refractivity contribution in [3.05, 3.63) is 126 Å². The Bertz CT molecular complexity index is 1830. The summed E-state index contributed by atoms with van der Waals surface area (Å²) >= 11 is 1.89. The Morgan fingerprint density at radius 3 is 1.97 bits per heavy atom. The highest BCUT2D eigenvalue weighted by Crippen LogP contribution is 2.42. The molecular weight excluding hydrogens is 458 g/mol. The van der Waals surface area contributed by atoms with Crippen LogP contribution in [-0.4, -0.2) is 4.57 Å². The molecule has 7 rings (SSSR count). The molecule has 0 unspecified atom stereocenters. The highest BCUT2D eigenvalue weighted by Gasteiger charge is 2.17. The van der Waals surface area contributed by atoms with E-state index in [-0.39, 0.29) is 0 Å².